The van der Waals surface area contributed by atoms with Crippen LogP contribution < -0.4 is 14.8 Å². The van der Waals surface area contributed by atoms with E-state index in [0.29, 0.717) is 16.5 Å². The number of nitrogens with one attached hydrogen (secondary N) is 2. The Morgan fingerprint density at radius 3 is 2.58 bits per heavy atom. The smallest absolute Gasteiger partial charge is 0.284 e. The summed E-state index contributed by atoms with van der Waals surface area (Å²) in [5.74, 6) is -0.297. The van der Waals surface area contributed by atoms with Crippen LogP contribution in [0.4, 0.5) is 17.1 Å². The molecule has 3 aromatic carbocycles. The molecule has 0 saturated carbocycles. The molecule has 0 aliphatic rings. The third-order valence-corrected chi connectivity index (χ3v) is 8.00. The fourth-order valence-corrected chi connectivity index (χ4v) is 5.64. The van der Waals surface area contributed by atoms with E-state index in [9.17, 15) is 23.3 Å². The second kappa shape index (κ2) is 10.9. The number of rotatable bonds is 9. The van der Waals surface area contributed by atoms with Crippen molar-refractivity contribution in [3.63, 3.8) is 0 Å². The summed E-state index contributed by atoms with van der Waals surface area (Å²) in [6.07, 6.45) is 1.47. The van der Waals surface area contributed by atoms with E-state index in [2.05, 4.69) is 20.2 Å². The average molecular weight is 555 g/mol. The molecule has 38 heavy (non-hydrogen) atoms. The van der Waals surface area contributed by atoms with Crippen molar-refractivity contribution in [1.82, 2.24) is 14.8 Å². The number of aryl methyl sites for hydroxylation is 2. The molecule has 0 atom stereocenters. The maximum atomic E-state index is 13.1. The first-order chi connectivity index (χ1) is 18.1. The van der Waals surface area contributed by atoms with Crippen LogP contribution in [0.2, 0.25) is 0 Å². The molecule has 1 aromatic heterocycles. The van der Waals surface area contributed by atoms with Crippen LogP contribution in [0.3, 0.4) is 0 Å². The van der Waals surface area contributed by atoms with Crippen molar-refractivity contribution in [2.75, 3.05) is 17.1 Å². The number of sulfonamides is 1. The summed E-state index contributed by atoms with van der Waals surface area (Å²) >= 11 is 1.04. The van der Waals surface area contributed by atoms with Crippen molar-refractivity contribution < 1.29 is 22.9 Å². The van der Waals surface area contributed by atoms with Crippen LogP contribution in [0.25, 0.3) is 0 Å². The molecule has 196 valence electrons. The number of ether oxygens (including phenoxy) is 1. The minimum absolute atomic E-state index is 0.0242. The van der Waals surface area contributed by atoms with Gasteiger partial charge in [0.15, 0.2) is 5.16 Å². The Morgan fingerprint density at radius 2 is 1.89 bits per heavy atom. The molecule has 0 fully saturated rings. The van der Waals surface area contributed by atoms with Crippen molar-refractivity contribution in [1.29, 1.82) is 0 Å². The van der Waals surface area contributed by atoms with Gasteiger partial charge in [-0.25, -0.2) is 8.42 Å². The van der Waals surface area contributed by atoms with E-state index < -0.39 is 20.9 Å². The van der Waals surface area contributed by atoms with E-state index >= 15 is 0 Å². The van der Waals surface area contributed by atoms with Crippen LogP contribution in [0, 0.1) is 17.0 Å². The van der Waals surface area contributed by atoms with Crippen LogP contribution in [0.15, 0.2) is 81.9 Å². The number of carbonyl (C=O) groups is 1. The predicted octanol–water partition coefficient (Wildman–Crippen LogP) is 4.24. The predicted molar refractivity (Wildman–Crippen MR) is 141 cm³/mol. The number of amides is 1. The van der Waals surface area contributed by atoms with Gasteiger partial charge in [-0.15, -0.1) is 10.2 Å². The lowest BCUT2D eigenvalue weighted by Crippen LogP contribution is -2.16. The molecule has 2 N–H and O–H groups in total. The fraction of sp³-hybridized carbons (Fsp3) is 0.125. The lowest BCUT2D eigenvalue weighted by atomic mass is 10.1. The lowest BCUT2D eigenvalue weighted by molar-refractivity contribution is -0.387. The maximum absolute atomic E-state index is 13.1. The SMILES string of the molecule is COc1ccccc1NS(=O)(=O)c1cc(NC(=O)c2ccc(Sc3nncn3C)c([N+](=O)[O-])c2)ccc1C. The molecule has 0 radical (unpaired) electrons. The van der Waals surface area contributed by atoms with E-state index in [1.54, 1.807) is 54.9 Å². The minimum Gasteiger partial charge on any atom is -0.495 e. The fourth-order valence-electron chi connectivity index (χ4n) is 3.45. The number of anilines is 2. The topological polar surface area (TPSA) is 158 Å². The third-order valence-electron chi connectivity index (χ3n) is 5.38. The van der Waals surface area contributed by atoms with Crippen LogP contribution in [-0.4, -0.2) is 41.1 Å². The summed E-state index contributed by atoms with van der Waals surface area (Å²) in [5.41, 5.74) is 0.651. The summed E-state index contributed by atoms with van der Waals surface area (Å²) in [5, 5.41) is 22.4. The number of hydrogen-bond acceptors (Lipinski definition) is 9. The van der Waals surface area contributed by atoms with Gasteiger partial charge in [0.2, 0.25) is 0 Å². The number of hydrogen-bond donors (Lipinski definition) is 2. The standard InChI is InChI=1S/C24H22N6O6S2/c1-15-8-10-17(13-22(15)38(34,35)28-18-6-4-5-7-20(18)36-3)26-23(31)16-9-11-21(19(12-16)30(32)33)37-24-27-25-14-29(24)2/h4-14,28H,1-3H3,(H,26,31). The summed E-state index contributed by atoms with van der Waals surface area (Å²) in [6, 6.07) is 15.0. The Bertz CT molecular complexity index is 1640. The molecule has 0 spiro atoms. The van der Waals surface area contributed by atoms with Crippen molar-refractivity contribution >= 4 is 44.8 Å². The highest BCUT2D eigenvalue weighted by Crippen LogP contribution is 2.34. The van der Waals surface area contributed by atoms with E-state index in [4.69, 9.17) is 4.74 Å². The number of nitro groups is 1. The highest BCUT2D eigenvalue weighted by molar-refractivity contribution is 7.99. The average Bonchev–Trinajstić information content (AvgIpc) is 3.29. The van der Waals surface area contributed by atoms with Gasteiger partial charge >= 0.3 is 0 Å². The monoisotopic (exact) mass is 554 g/mol. The molecule has 0 aliphatic carbocycles. The molecule has 4 aromatic rings. The molecule has 14 heteroatoms. The Morgan fingerprint density at radius 1 is 1.13 bits per heavy atom. The zero-order valence-electron chi connectivity index (χ0n) is 20.4. The van der Waals surface area contributed by atoms with E-state index in [1.165, 1.54) is 31.6 Å². The van der Waals surface area contributed by atoms with Gasteiger partial charge in [-0.1, -0.05) is 18.2 Å². The molecule has 0 aliphatic heterocycles. The number of methoxy groups -OCH3 is 1. The summed E-state index contributed by atoms with van der Waals surface area (Å²) in [6.45, 7) is 1.62. The Balaban J connectivity index is 1.58. The second-order valence-corrected chi connectivity index (χ2v) is 10.7. The highest BCUT2D eigenvalue weighted by atomic mass is 32.2. The van der Waals surface area contributed by atoms with Crippen molar-refractivity contribution in [2.24, 2.45) is 7.05 Å². The van der Waals surface area contributed by atoms with Crippen LogP contribution in [0.1, 0.15) is 15.9 Å². The first-order valence-electron chi connectivity index (χ1n) is 11.0. The number of nitro benzene ring substituents is 1. The molecule has 0 unspecified atom stereocenters. The van der Waals surface area contributed by atoms with E-state index in [1.807, 2.05) is 0 Å². The van der Waals surface area contributed by atoms with Crippen LogP contribution in [0.5, 0.6) is 5.75 Å². The van der Waals surface area contributed by atoms with Gasteiger partial charge in [0.05, 0.1) is 27.5 Å². The molecule has 1 amide bonds. The number of carbonyl (C=O) groups excluding carboxylic acids is 1. The molecule has 0 bridgehead atoms. The number of nitrogens with zero attached hydrogens (tertiary/aromatic N) is 4. The van der Waals surface area contributed by atoms with Gasteiger partial charge in [-0.3, -0.25) is 19.6 Å². The van der Waals surface area contributed by atoms with Crippen LogP contribution >= 0.6 is 11.8 Å². The molecule has 0 saturated heterocycles. The van der Waals surface area contributed by atoms with Gasteiger partial charge < -0.3 is 14.6 Å². The first kappa shape index (κ1) is 26.6. The number of benzene rings is 3. The van der Waals surface area contributed by atoms with Crippen molar-refractivity contribution in [2.45, 2.75) is 21.9 Å². The van der Waals surface area contributed by atoms with Gasteiger partial charge in [-0.2, -0.15) is 0 Å². The second-order valence-electron chi connectivity index (χ2n) is 8.01. The van der Waals surface area contributed by atoms with Gasteiger partial charge in [0.25, 0.3) is 21.6 Å². The van der Waals surface area contributed by atoms with E-state index in [0.717, 1.165) is 17.8 Å². The van der Waals surface area contributed by atoms with Gasteiger partial charge in [0, 0.05) is 24.4 Å². The highest BCUT2D eigenvalue weighted by Gasteiger charge is 2.22. The van der Waals surface area contributed by atoms with Crippen molar-refractivity contribution in [3.05, 3.63) is 88.2 Å². The zero-order valence-corrected chi connectivity index (χ0v) is 22.0. The third kappa shape index (κ3) is 5.76. The molecule has 1 heterocycles. The van der Waals surface area contributed by atoms with E-state index in [-0.39, 0.29) is 32.4 Å². The Hall–Kier alpha value is -4.43. The summed E-state index contributed by atoms with van der Waals surface area (Å²) < 4.78 is 35.6. The normalized spacial score (nSPS) is 11.1. The largest absolute Gasteiger partial charge is 0.495 e. The zero-order chi connectivity index (χ0) is 27.4. The molecule has 4 rings (SSSR count). The molecular formula is C24H22N6O6S2. The summed E-state index contributed by atoms with van der Waals surface area (Å²) in [4.78, 5) is 24.3. The molecule has 12 nitrogen and oxygen atoms in total. The van der Waals surface area contributed by atoms with Gasteiger partial charge in [0.1, 0.15) is 12.1 Å². The maximum Gasteiger partial charge on any atom is 0.284 e. The Labute approximate surface area is 222 Å². The van der Waals surface area contributed by atoms with Gasteiger partial charge in [-0.05, 0) is 60.6 Å². The molecular weight excluding hydrogens is 532 g/mol. The quantitative estimate of drug-likeness (QED) is 0.228. The van der Waals surface area contributed by atoms with Crippen LogP contribution in [-0.2, 0) is 17.1 Å². The summed E-state index contributed by atoms with van der Waals surface area (Å²) in [7, 11) is -0.901. The Kier molecular flexibility index (Phi) is 7.64. The van der Waals surface area contributed by atoms with Crippen molar-refractivity contribution in [3.8, 4) is 5.75 Å². The first-order valence-corrected chi connectivity index (χ1v) is 13.3. The number of para-hydroxylation sites is 2. The number of aromatic nitrogens is 3. The minimum atomic E-state index is -4.04. The lowest BCUT2D eigenvalue weighted by Gasteiger charge is -2.14.